The highest BCUT2D eigenvalue weighted by Gasteiger charge is 2.50. The summed E-state index contributed by atoms with van der Waals surface area (Å²) >= 11 is 0. The molecular formula is C25H27N3O2. The number of carbonyl (C=O) groups excluding carboxylic acids is 1. The monoisotopic (exact) mass is 401 g/mol. The number of nitrogens with zero attached hydrogens (tertiary/aromatic N) is 3. The number of hydrogen-bond acceptors (Lipinski definition) is 5. The van der Waals surface area contributed by atoms with Crippen LogP contribution in [0.25, 0.3) is 0 Å². The zero-order valence-electron chi connectivity index (χ0n) is 18.4. The number of benzene rings is 2. The van der Waals surface area contributed by atoms with Crippen LogP contribution >= 0.6 is 0 Å². The standard InChI is InChI=1S/C25H27N3O2/c1-16-13-18(27(3)4)7-9-21(16)25(22-10-8-19(28(5)6)14-17(22)2)23-15-26-12-11-20(23)24(29)30-25/h7-15H,1-6H3. The first-order valence-electron chi connectivity index (χ1n) is 10.0. The van der Waals surface area contributed by atoms with Crippen molar-refractivity contribution in [3.63, 3.8) is 0 Å². The summed E-state index contributed by atoms with van der Waals surface area (Å²) in [5.41, 5.74) is 6.55. The Kier molecular flexibility index (Phi) is 4.77. The van der Waals surface area contributed by atoms with Gasteiger partial charge in [0.2, 0.25) is 0 Å². The molecule has 0 radical (unpaired) electrons. The van der Waals surface area contributed by atoms with Gasteiger partial charge in [0.1, 0.15) is 0 Å². The van der Waals surface area contributed by atoms with Crippen molar-refractivity contribution in [3.8, 4) is 0 Å². The van der Waals surface area contributed by atoms with Crippen molar-refractivity contribution in [1.82, 2.24) is 4.98 Å². The van der Waals surface area contributed by atoms with Crippen LogP contribution in [0, 0.1) is 13.8 Å². The highest BCUT2D eigenvalue weighted by atomic mass is 16.6. The lowest BCUT2D eigenvalue weighted by Crippen LogP contribution is -2.31. The quantitative estimate of drug-likeness (QED) is 0.610. The van der Waals surface area contributed by atoms with E-state index in [9.17, 15) is 4.79 Å². The lowest BCUT2D eigenvalue weighted by atomic mass is 9.77. The number of esters is 1. The van der Waals surface area contributed by atoms with Crippen LogP contribution in [-0.4, -0.2) is 39.1 Å². The van der Waals surface area contributed by atoms with E-state index in [-0.39, 0.29) is 5.97 Å². The smallest absolute Gasteiger partial charge is 0.340 e. The van der Waals surface area contributed by atoms with Gasteiger partial charge in [-0.25, -0.2) is 4.79 Å². The molecule has 0 bridgehead atoms. The predicted octanol–water partition coefficient (Wildman–Crippen LogP) is 4.29. The maximum absolute atomic E-state index is 12.9. The van der Waals surface area contributed by atoms with Crippen LogP contribution in [-0.2, 0) is 10.3 Å². The molecule has 0 atom stereocenters. The summed E-state index contributed by atoms with van der Waals surface area (Å²) < 4.78 is 6.25. The summed E-state index contributed by atoms with van der Waals surface area (Å²) in [6.07, 6.45) is 3.40. The number of fused-ring (bicyclic) bond motifs is 1. The zero-order chi connectivity index (χ0) is 21.6. The van der Waals surface area contributed by atoms with Gasteiger partial charge in [0.25, 0.3) is 0 Å². The number of rotatable bonds is 4. The van der Waals surface area contributed by atoms with Gasteiger partial charge in [-0.15, -0.1) is 0 Å². The molecule has 154 valence electrons. The lowest BCUT2D eigenvalue weighted by Gasteiger charge is -2.33. The van der Waals surface area contributed by atoms with Gasteiger partial charge in [-0.3, -0.25) is 4.98 Å². The van der Waals surface area contributed by atoms with E-state index in [1.54, 1.807) is 18.5 Å². The van der Waals surface area contributed by atoms with E-state index in [1.165, 1.54) is 0 Å². The van der Waals surface area contributed by atoms with Crippen LogP contribution in [0.5, 0.6) is 0 Å². The van der Waals surface area contributed by atoms with Crippen molar-refractivity contribution in [1.29, 1.82) is 0 Å². The van der Waals surface area contributed by atoms with E-state index >= 15 is 0 Å². The summed E-state index contributed by atoms with van der Waals surface area (Å²) in [5, 5.41) is 0. The Morgan fingerprint density at radius 2 is 1.33 bits per heavy atom. The third-order valence-electron chi connectivity index (χ3n) is 5.88. The fourth-order valence-corrected chi connectivity index (χ4v) is 4.29. The predicted molar refractivity (Wildman–Crippen MR) is 121 cm³/mol. The van der Waals surface area contributed by atoms with Crippen molar-refractivity contribution in [2.75, 3.05) is 38.0 Å². The molecular weight excluding hydrogens is 374 g/mol. The highest BCUT2D eigenvalue weighted by Crippen LogP contribution is 2.49. The van der Waals surface area contributed by atoms with Crippen LogP contribution in [0.4, 0.5) is 11.4 Å². The Morgan fingerprint density at radius 3 is 1.80 bits per heavy atom. The molecule has 30 heavy (non-hydrogen) atoms. The molecule has 1 aliphatic heterocycles. The molecule has 0 amide bonds. The van der Waals surface area contributed by atoms with E-state index < -0.39 is 5.60 Å². The third-order valence-corrected chi connectivity index (χ3v) is 5.88. The van der Waals surface area contributed by atoms with Crippen LogP contribution in [0.3, 0.4) is 0 Å². The van der Waals surface area contributed by atoms with Crippen molar-refractivity contribution in [2.45, 2.75) is 19.4 Å². The van der Waals surface area contributed by atoms with Gasteiger partial charge in [0.05, 0.1) is 5.56 Å². The minimum Gasteiger partial charge on any atom is -0.440 e. The minimum absolute atomic E-state index is 0.320. The first-order chi connectivity index (χ1) is 14.3. The van der Waals surface area contributed by atoms with Gasteiger partial charge < -0.3 is 14.5 Å². The molecule has 2 heterocycles. The molecule has 1 aliphatic rings. The second kappa shape index (κ2) is 7.17. The van der Waals surface area contributed by atoms with Gasteiger partial charge in [0, 0.05) is 68.6 Å². The summed E-state index contributed by atoms with van der Waals surface area (Å²) in [4.78, 5) is 21.4. The second-order valence-corrected chi connectivity index (χ2v) is 8.28. The third kappa shape index (κ3) is 2.93. The minimum atomic E-state index is -1.02. The van der Waals surface area contributed by atoms with Crippen LogP contribution < -0.4 is 9.80 Å². The molecule has 0 spiro atoms. The van der Waals surface area contributed by atoms with Gasteiger partial charge in [-0.1, -0.05) is 12.1 Å². The molecule has 3 aromatic rings. The van der Waals surface area contributed by atoms with E-state index in [0.717, 1.165) is 39.2 Å². The van der Waals surface area contributed by atoms with Crippen LogP contribution in [0.15, 0.2) is 54.9 Å². The summed E-state index contributed by atoms with van der Waals surface area (Å²) in [6.45, 7) is 4.13. The second-order valence-electron chi connectivity index (χ2n) is 8.28. The Morgan fingerprint density at radius 1 is 0.800 bits per heavy atom. The number of cyclic esters (lactones) is 1. The average molecular weight is 402 g/mol. The van der Waals surface area contributed by atoms with Crippen molar-refractivity contribution >= 4 is 17.3 Å². The topological polar surface area (TPSA) is 45.7 Å². The van der Waals surface area contributed by atoms with Gasteiger partial charge >= 0.3 is 5.97 Å². The van der Waals surface area contributed by atoms with E-state index in [0.29, 0.717) is 5.56 Å². The van der Waals surface area contributed by atoms with E-state index in [4.69, 9.17) is 4.74 Å². The first-order valence-corrected chi connectivity index (χ1v) is 10.0. The fourth-order valence-electron chi connectivity index (χ4n) is 4.29. The maximum atomic E-state index is 12.9. The molecule has 0 fully saturated rings. The Bertz CT molecular complexity index is 1080. The number of aryl methyl sites for hydroxylation is 2. The molecule has 1 aromatic heterocycles. The molecule has 0 saturated heterocycles. The number of pyridine rings is 1. The van der Waals surface area contributed by atoms with Crippen LogP contribution in [0.1, 0.15) is 38.2 Å². The number of aromatic nitrogens is 1. The van der Waals surface area contributed by atoms with Gasteiger partial charge in [-0.05, 0) is 55.3 Å². The molecule has 4 rings (SSSR count). The number of anilines is 2. The van der Waals surface area contributed by atoms with Crippen molar-refractivity contribution < 1.29 is 9.53 Å². The lowest BCUT2D eigenvalue weighted by molar-refractivity contribution is 0.0248. The summed E-state index contributed by atoms with van der Waals surface area (Å²) in [7, 11) is 8.07. The molecule has 2 aromatic carbocycles. The van der Waals surface area contributed by atoms with Crippen molar-refractivity contribution in [2.24, 2.45) is 0 Å². The van der Waals surface area contributed by atoms with E-state index in [2.05, 4.69) is 65.0 Å². The SMILES string of the molecule is Cc1cc(N(C)C)ccc1C1(c2ccc(N(C)C)cc2C)OC(=O)c2ccncc21. The average Bonchev–Trinajstić information content (AvgIpc) is 3.01. The normalized spacial score (nSPS) is 14.3. The first kappa shape index (κ1) is 20.0. The van der Waals surface area contributed by atoms with E-state index in [1.807, 2.05) is 28.2 Å². The largest absolute Gasteiger partial charge is 0.440 e. The number of hydrogen-bond donors (Lipinski definition) is 0. The summed E-state index contributed by atoms with van der Waals surface area (Å²) in [6, 6.07) is 14.3. The summed E-state index contributed by atoms with van der Waals surface area (Å²) in [5.74, 6) is -0.320. The van der Waals surface area contributed by atoms with Gasteiger partial charge in [-0.2, -0.15) is 0 Å². The molecule has 0 N–H and O–H groups in total. The molecule has 0 unspecified atom stereocenters. The Hall–Kier alpha value is -3.34. The Labute approximate surface area is 177 Å². The van der Waals surface area contributed by atoms with Crippen LogP contribution in [0.2, 0.25) is 0 Å². The Balaban J connectivity index is 2.03. The molecule has 5 heteroatoms. The number of ether oxygens (including phenoxy) is 1. The number of carbonyl (C=O) groups is 1. The molecule has 5 nitrogen and oxygen atoms in total. The molecule has 0 saturated carbocycles. The van der Waals surface area contributed by atoms with Gasteiger partial charge in [0.15, 0.2) is 5.60 Å². The zero-order valence-corrected chi connectivity index (χ0v) is 18.4. The molecule has 0 aliphatic carbocycles. The fraction of sp³-hybridized carbons (Fsp3) is 0.280. The van der Waals surface area contributed by atoms with Crippen molar-refractivity contribution in [3.05, 3.63) is 88.2 Å². The highest BCUT2D eigenvalue weighted by molar-refractivity contribution is 5.96. The maximum Gasteiger partial charge on any atom is 0.340 e.